The Bertz CT molecular complexity index is 968. The number of benzene rings is 2. The van der Waals surface area contributed by atoms with Crippen LogP contribution >= 0.6 is 10.6 Å². The van der Waals surface area contributed by atoms with Crippen LogP contribution in [0, 0.1) is 5.92 Å². The zero-order valence-electron chi connectivity index (χ0n) is 16.7. The fourth-order valence-corrected chi connectivity index (χ4v) is 5.42. The Hall–Kier alpha value is -2.63. The van der Waals surface area contributed by atoms with Crippen LogP contribution in [0.3, 0.4) is 0 Å². The highest BCUT2D eigenvalue weighted by Gasteiger charge is 2.35. The number of amides is 2. The molecule has 10 heteroatoms. The molecule has 0 bridgehead atoms. The summed E-state index contributed by atoms with van der Waals surface area (Å²) in [5, 5.41) is 11.6. The smallest absolute Gasteiger partial charge is 0.251 e. The first-order chi connectivity index (χ1) is 14.9. The van der Waals surface area contributed by atoms with Crippen molar-refractivity contribution in [2.75, 3.05) is 30.4 Å². The van der Waals surface area contributed by atoms with E-state index in [-0.39, 0.29) is 24.9 Å². The Morgan fingerprint density at radius 3 is 2.58 bits per heavy atom. The molecule has 0 aliphatic carbocycles. The van der Waals surface area contributed by atoms with Gasteiger partial charge in [-0.15, -0.1) is 0 Å². The SMILES string of the molecule is O=C(N[C@@H]1COC[C@@H]1C(=O)NO)c1ccc(CN2CCS(O)(O)c3ccccc32)cc1. The summed E-state index contributed by atoms with van der Waals surface area (Å²) in [6, 6.07) is 13.9. The number of nitrogens with one attached hydrogen (secondary N) is 2. The number of fused-ring (bicyclic) bond motifs is 1. The standard InChI is InChI=1S/C21H25N3O6S/c25-20(22-17-13-30-12-16(17)21(26)23-27)15-7-5-14(6-8-15)11-24-9-10-31(28,29)19-4-2-1-3-18(19)24/h1-8,16-17,27-29H,9-13H2,(H,22,25)(H,23,26)/t16-,17+/m0/s1. The maximum absolute atomic E-state index is 12.6. The zero-order valence-corrected chi connectivity index (χ0v) is 17.5. The fourth-order valence-electron chi connectivity index (χ4n) is 3.90. The molecule has 9 nitrogen and oxygen atoms in total. The molecule has 1 fully saturated rings. The number of nitrogens with zero attached hydrogens (tertiary/aromatic N) is 1. The van der Waals surface area contributed by atoms with Gasteiger partial charge in [-0.1, -0.05) is 24.3 Å². The number of rotatable bonds is 5. The van der Waals surface area contributed by atoms with Crippen molar-refractivity contribution in [2.24, 2.45) is 5.92 Å². The van der Waals surface area contributed by atoms with Gasteiger partial charge in [0.05, 0.1) is 41.5 Å². The van der Waals surface area contributed by atoms with Crippen LogP contribution in [0.4, 0.5) is 5.69 Å². The molecule has 0 aromatic heterocycles. The summed E-state index contributed by atoms with van der Waals surface area (Å²) in [5.41, 5.74) is 3.84. The maximum atomic E-state index is 12.6. The minimum atomic E-state index is -2.76. The van der Waals surface area contributed by atoms with Crippen molar-refractivity contribution in [3.8, 4) is 0 Å². The van der Waals surface area contributed by atoms with E-state index in [1.54, 1.807) is 29.7 Å². The first kappa shape index (κ1) is 21.6. The van der Waals surface area contributed by atoms with Crippen LogP contribution in [-0.2, 0) is 16.1 Å². The van der Waals surface area contributed by atoms with E-state index in [4.69, 9.17) is 9.94 Å². The van der Waals surface area contributed by atoms with Crippen molar-refractivity contribution in [2.45, 2.75) is 17.5 Å². The molecular formula is C21H25N3O6S. The van der Waals surface area contributed by atoms with E-state index in [1.807, 2.05) is 24.3 Å². The van der Waals surface area contributed by atoms with Crippen LogP contribution in [0.5, 0.6) is 0 Å². The molecule has 0 radical (unpaired) electrons. The highest BCUT2D eigenvalue weighted by molar-refractivity contribution is 8.24. The lowest BCUT2D eigenvalue weighted by Crippen LogP contribution is -2.45. The second-order valence-corrected chi connectivity index (χ2v) is 9.84. The monoisotopic (exact) mass is 447 g/mol. The lowest BCUT2D eigenvalue weighted by molar-refractivity contribution is -0.133. The number of para-hydroxylation sites is 1. The molecule has 166 valence electrons. The maximum Gasteiger partial charge on any atom is 0.251 e. The summed E-state index contributed by atoms with van der Waals surface area (Å²) in [5.74, 6) is -1.26. The van der Waals surface area contributed by atoms with Gasteiger partial charge in [-0.3, -0.25) is 23.9 Å². The summed E-state index contributed by atoms with van der Waals surface area (Å²) in [4.78, 5) is 26.9. The van der Waals surface area contributed by atoms with E-state index in [2.05, 4.69) is 10.2 Å². The Balaban J connectivity index is 1.42. The van der Waals surface area contributed by atoms with E-state index < -0.39 is 28.5 Å². The van der Waals surface area contributed by atoms with Crippen molar-refractivity contribution in [3.05, 3.63) is 59.7 Å². The highest BCUT2D eigenvalue weighted by atomic mass is 32.3. The minimum Gasteiger partial charge on any atom is -0.378 e. The third kappa shape index (κ3) is 4.53. The first-order valence-electron chi connectivity index (χ1n) is 9.90. The number of hydrogen-bond donors (Lipinski definition) is 5. The van der Waals surface area contributed by atoms with Gasteiger partial charge >= 0.3 is 0 Å². The van der Waals surface area contributed by atoms with Crippen LogP contribution < -0.4 is 15.7 Å². The molecule has 31 heavy (non-hydrogen) atoms. The minimum absolute atomic E-state index is 0.137. The molecule has 2 aromatic carbocycles. The lowest BCUT2D eigenvalue weighted by Gasteiger charge is -2.43. The zero-order chi connectivity index (χ0) is 22.0. The van der Waals surface area contributed by atoms with E-state index >= 15 is 0 Å². The topological polar surface area (TPSA) is 131 Å². The van der Waals surface area contributed by atoms with E-state index in [0.29, 0.717) is 23.5 Å². The molecule has 2 atom stereocenters. The second-order valence-electron chi connectivity index (χ2n) is 7.66. The number of carbonyl (C=O) groups is 2. The van der Waals surface area contributed by atoms with Gasteiger partial charge in [-0.2, -0.15) is 10.6 Å². The van der Waals surface area contributed by atoms with Crippen LogP contribution in [0.1, 0.15) is 15.9 Å². The largest absolute Gasteiger partial charge is 0.378 e. The summed E-state index contributed by atoms with van der Waals surface area (Å²) in [7, 11) is -2.76. The van der Waals surface area contributed by atoms with Gasteiger partial charge < -0.3 is 15.0 Å². The molecule has 1 saturated heterocycles. The normalized spacial score (nSPS) is 23.0. The molecule has 5 N–H and O–H groups in total. The summed E-state index contributed by atoms with van der Waals surface area (Å²) in [6.45, 7) is 1.44. The Morgan fingerprint density at radius 1 is 1.10 bits per heavy atom. The molecular weight excluding hydrogens is 422 g/mol. The average molecular weight is 448 g/mol. The molecule has 4 rings (SSSR count). The first-order valence-corrected chi connectivity index (χ1v) is 11.6. The molecule has 2 heterocycles. The van der Waals surface area contributed by atoms with Gasteiger partial charge in [-0.05, 0) is 29.8 Å². The van der Waals surface area contributed by atoms with Crippen molar-refractivity contribution < 1.29 is 28.6 Å². The van der Waals surface area contributed by atoms with Crippen molar-refractivity contribution in [1.82, 2.24) is 10.8 Å². The average Bonchev–Trinajstić information content (AvgIpc) is 3.24. The molecule has 2 aliphatic heterocycles. The van der Waals surface area contributed by atoms with Crippen LogP contribution in [0.15, 0.2) is 53.4 Å². The number of hydroxylamine groups is 1. The highest BCUT2D eigenvalue weighted by Crippen LogP contribution is 2.54. The Morgan fingerprint density at radius 2 is 1.84 bits per heavy atom. The Kier molecular flexibility index (Phi) is 6.17. The molecule has 2 amide bonds. The van der Waals surface area contributed by atoms with Gasteiger partial charge in [0.25, 0.3) is 11.8 Å². The number of ether oxygens (including phenoxy) is 1. The predicted molar refractivity (Wildman–Crippen MR) is 115 cm³/mol. The molecule has 0 unspecified atom stereocenters. The van der Waals surface area contributed by atoms with Crippen molar-refractivity contribution in [1.29, 1.82) is 0 Å². The van der Waals surface area contributed by atoms with Crippen LogP contribution in [-0.4, -0.2) is 57.7 Å². The molecule has 2 aliphatic rings. The fraction of sp³-hybridized carbons (Fsp3) is 0.333. The van der Waals surface area contributed by atoms with E-state index in [1.165, 1.54) is 0 Å². The summed E-state index contributed by atoms with van der Waals surface area (Å²) in [6.07, 6.45) is 0. The lowest BCUT2D eigenvalue weighted by atomic mass is 10.0. The summed E-state index contributed by atoms with van der Waals surface area (Å²) >= 11 is 0. The van der Waals surface area contributed by atoms with E-state index in [9.17, 15) is 18.7 Å². The Labute approximate surface area is 181 Å². The number of carbonyl (C=O) groups excluding carboxylic acids is 2. The molecule has 0 saturated carbocycles. The number of hydrogen-bond acceptors (Lipinski definition) is 7. The van der Waals surface area contributed by atoms with Gasteiger partial charge in [-0.25, -0.2) is 5.48 Å². The van der Waals surface area contributed by atoms with Gasteiger partial charge in [0.15, 0.2) is 0 Å². The third-order valence-corrected chi connectivity index (χ3v) is 7.44. The van der Waals surface area contributed by atoms with Gasteiger partial charge in [0, 0.05) is 18.7 Å². The molecule has 0 spiro atoms. The quantitative estimate of drug-likeness (QED) is 0.350. The van der Waals surface area contributed by atoms with Gasteiger partial charge in [0.1, 0.15) is 0 Å². The molecule has 2 aromatic rings. The van der Waals surface area contributed by atoms with Crippen molar-refractivity contribution >= 4 is 28.1 Å². The predicted octanol–water partition coefficient (Wildman–Crippen LogP) is 2.07. The summed E-state index contributed by atoms with van der Waals surface area (Å²) < 4.78 is 25.9. The second kappa shape index (κ2) is 8.85. The van der Waals surface area contributed by atoms with Crippen LogP contribution in [0.25, 0.3) is 0 Å². The van der Waals surface area contributed by atoms with Gasteiger partial charge in [0.2, 0.25) is 0 Å². The van der Waals surface area contributed by atoms with Crippen molar-refractivity contribution in [3.63, 3.8) is 0 Å². The number of anilines is 1. The third-order valence-electron chi connectivity index (χ3n) is 5.64. The van der Waals surface area contributed by atoms with Crippen LogP contribution in [0.2, 0.25) is 0 Å². The van der Waals surface area contributed by atoms with E-state index in [0.717, 1.165) is 11.3 Å².